The molecule has 0 heterocycles. The van der Waals surface area contributed by atoms with Gasteiger partial charge in [0.1, 0.15) is 0 Å². The van der Waals surface area contributed by atoms with Gasteiger partial charge in [-0.15, -0.1) is 0 Å². The maximum atomic E-state index is 12.9. The molecule has 0 aliphatic rings. The minimum absolute atomic E-state index is 0.103. The Hall–Kier alpha value is -1.01. The van der Waals surface area contributed by atoms with E-state index in [1.165, 1.54) is 13.2 Å². The van der Waals surface area contributed by atoms with Gasteiger partial charge >= 0.3 is 0 Å². The molecule has 84 valence electrons. The molecule has 0 spiro atoms. The first-order chi connectivity index (χ1) is 6.85. The summed E-state index contributed by atoms with van der Waals surface area (Å²) in [6.07, 6.45) is 0. The molecule has 0 saturated heterocycles. The molecule has 0 saturated carbocycles. The number of phenolic OH excluding ortho intramolecular Hbond substituents is 1. The Balaban J connectivity index is 3.25. The van der Waals surface area contributed by atoms with E-state index in [0.29, 0.717) is 0 Å². The van der Waals surface area contributed by atoms with Crippen molar-refractivity contribution in [2.24, 2.45) is 0 Å². The highest BCUT2D eigenvalue weighted by Gasteiger charge is 2.17. The van der Waals surface area contributed by atoms with Crippen molar-refractivity contribution in [1.29, 1.82) is 0 Å². The van der Waals surface area contributed by atoms with Crippen molar-refractivity contribution in [3.63, 3.8) is 0 Å². The van der Waals surface area contributed by atoms with Gasteiger partial charge in [-0.25, -0.2) is 12.8 Å². The number of methoxy groups -OCH3 is 1. The fraction of sp³-hybridized carbons (Fsp3) is 0.250. The van der Waals surface area contributed by atoms with E-state index in [-0.39, 0.29) is 11.3 Å². The molecule has 1 rings (SSSR count). The van der Waals surface area contributed by atoms with Crippen molar-refractivity contribution in [3.8, 4) is 11.5 Å². The van der Waals surface area contributed by atoms with Crippen LogP contribution in [0, 0.1) is 5.82 Å². The molecule has 0 fully saturated rings. The number of halogens is 2. The average molecular weight is 255 g/mol. The molecule has 0 amide bonds. The lowest BCUT2D eigenvalue weighted by Crippen LogP contribution is -1.99. The van der Waals surface area contributed by atoms with E-state index in [0.717, 1.165) is 6.07 Å². The second kappa shape index (κ2) is 4.24. The second-order valence-electron chi connectivity index (χ2n) is 2.77. The van der Waals surface area contributed by atoms with Crippen LogP contribution in [0.5, 0.6) is 11.5 Å². The number of ether oxygens (including phenoxy) is 1. The van der Waals surface area contributed by atoms with Crippen molar-refractivity contribution in [2.45, 2.75) is 5.75 Å². The van der Waals surface area contributed by atoms with Gasteiger partial charge in [0, 0.05) is 16.2 Å². The van der Waals surface area contributed by atoms with E-state index < -0.39 is 26.4 Å². The second-order valence-corrected chi connectivity index (χ2v) is 5.55. The van der Waals surface area contributed by atoms with Crippen LogP contribution in [-0.2, 0) is 14.8 Å². The molecule has 4 nitrogen and oxygen atoms in total. The maximum Gasteiger partial charge on any atom is 0.236 e. The summed E-state index contributed by atoms with van der Waals surface area (Å²) in [6, 6.07) is 2.13. The van der Waals surface area contributed by atoms with Gasteiger partial charge in [0.25, 0.3) is 0 Å². The van der Waals surface area contributed by atoms with E-state index in [4.69, 9.17) is 10.7 Å². The topological polar surface area (TPSA) is 63.6 Å². The Kier molecular flexibility index (Phi) is 3.41. The molecule has 0 aliphatic heterocycles. The number of hydrogen-bond acceptors (Lipinski definition) is 4. The van der Waals surface area contributed by atoms with Gasteiger partial charge in [-0.1, -0.05) is 6.07 Å². The molecule has 0 bridgehead atoms. The third kappa shape index (κ3) is 2.97. The van der Waals surface area contributed by atoms with E-state index in [1.807, 2.05) is 0 Å². The molecular formula is C8H8ClFO4S. The minimum Gasteiger partial charge on any atom is -0.502 e. The van der Waals surface area contributed by atoms with Crippen molar-refractivity contribution >= 4 is 19.7 Å². The Morgan fingerprint density at radius 1 is 1.53 bits per heavy atom. The first-order valence-corrected chi connectivity index (χ1v) is 6.29. The summed E-state index contributed by atoms with van der Waals surface area (Å²) in [5.41, 5.74) is 0.103. The molecule has 0 atom stereocenters. The van der Waals surface area contributed by atoms with E-state index in [1.54, 1.807) is 0 Å². The molecule has 15 heavy (non-hydrogen) atoms. The quantitative estimate of drug-likeness (QED) is 0.833. The highest BCUT2D eigenvalue weighted by atomic mass is 35.7. The van der Waals surface area contributed by atoms with E-state index in [2.05, 4.69) is 4.74 Å². The van der Waals surface area contributed by atoms with Crippen LogP contribution in [0.2, 0.25) is 0 Å². The summed E-state index contributed by atoms with van der Waals surface area (Å²) in [5, 5.41) is 9.24. The summed E-state index contributed by atoms with van der Waals surface area (Å²) in [7, 11) is 2.44. The zero-order valence-corrected chi connectivity index (χ0v) is 9.27. The summed E-state index contributed by atoms with van der Waals surface area (Å²) in [4.78, 5) is 0. The normalized spacial score (nSPS) is 11.4. The van der Waals surface area contributed by atoms with Crippen LogP contribution in [0.3, 0.4) is 0 Å². The van der Waals surface area contributed by atoms with Gasteiger partial charge in [-0.2, -0.15) is 0 Å². The smallest absolute Gasteiger partial charge is 0.236 e. The maximum absolute atomic E-state index is 12.9. The number of rotatable bonds is 3. The molecule has 1 N–H and O–H groups in total. The first kappa shape index (κ1) is 12.1. The lowest BCUT2D eigenvalue weighted by molar-refractivity contribution is 0.354. The third-order valence-corrected chi connectivity index (χ3v) is 2.68. The molecule has 0 aromatic heterocycles. The third-order valence-electron chi connectivity index (χ3n) is 1.70. The monoisotopic (exact) mass is 254 g/mol. The van der Waals surface area contributed by atoms with Gasteiger partial charge in [0.05, 0.1) is 12.9 Å². The fourth-order valence-electron chi connectivity index (χ4n) is 1.12. The predicted octanol–water partition coefficient (Wildman–Crippen LogP) is 1.61. The van der Waals surface area contributed by atoms with Crippen molar-refractivity contribution in [1.82, 2.24) is 0 Å². The number of phenols is 1. The average Bonchev–Trinajstić information content (AvgIpc) is 2.10. The van der Waals surface area contributed by atoms with Crippen LogP contribution < -0.4 is 4.74 Å². The van der Waals surface area contributed by atoms with Gasteiger partial charge in [0.15, 0.2) is 17.3 Å². The lowest BCUT2D eigenvalue weighted by Gasteiger charge is -2.09. The minimum atomic E-state index is -3.78. The summed E-state index contributed by atoms with van der Waals surface area (Å²) < 4.78 is 39.2. The molecule has 0 radical (unpaired) electrons. The van der Waals surface area contributed by atoms with Gasteiger partial charge < -0.3 is 9.84 Å². The number of hydrogen-bond donors (Lipinski definition) is 1. The van der Waals surface area contributed by atoms with Crippen molar-refractivity contribution < 1.29 is 22.7 Å². The number of aromatic hydroxyl groups is 1. The van der Waals surface area contributed by atoms with E-state index >= 15 is 0 Å². The van der Waals surface area contributed by atoms with E-state index in [9.17, 15) is 17.9 Å². The Morgan fingerprint density at radius 2 is 2.13 bits per heavy atom. The van der Waals surface area contributed by atoms with Gasteiger partial charge in [0.2, 0.25) is 9.05 Å². The SMILES string of the molecule is COc1c(CS(=O)(=O)Cl)ccc(F)c1O. The van der Waals surface area contributed by atoms with Crippen LogP contribution in [0.4, 0.5) is 4.39 Å². The Morgan fingerprint density at radius 3 is 2.60 bits per heavy atom. The van der Waals surface area contributed by atoms with Crippen LogP contribution in [0.1, 0.15) is 5.56 Å². The standard InChI is InChI=1S/C8H8ClFO4S/c1-14-8-5(4-15(9,12)13)2-3-6(10)7(8)11/h2-3,11H,4H2,1H3. The Bertz CT molecular complexity index is 472. The number of benzene rings is 1. The van der Waals surface area contributed by atoms with Gasteiger partial charge in [-0.3, -0.25) is 0 Å². The van der Waals surface area contributed by atoms with Crippen molar-refractivity contribution in [2.75, 3.05) is 7.11 Å². The molecule has 0 unspecified atom stereocenters. The predicted molar refractivity (Wildman–Crippen MR) is 53.1 cm³/mol. The molecule has 7 heteroatoms. The highest BCUT2D eigenvalue weighted by molar-refractivity contribution is 8.13. The van der Waals surface area contributed by atoms with Crippen molar-refractivity contribution in [3.05, 3.63) is 23.5 Å². The van der Waals surface area contributed by atoms with Crippen LogP contribution in [0.15, 0.2) is 12.1 Å². The zero-order chi connectivity index (χ0) is 11.6. The summed E-state index contributed by atoms with van der Waals surface area (Å²) in [5.74, 6) is -2.37. The summed E-state index contributed by atoms with van der Waals surface area (Å²) in [6.45, 7) is 0. The van der Waals surface area contributed by atoms with Crippen LogP contribution >= 0.6 is 10.7 Å². The lowest BCUT2D eigenvalue weighted by atomic mass is 10.2. The molecule has 0 aliphatic carbocycles. The first-order valence-electron chi connectivity index (χ1n) is 3.82. The van der Waals surface area contributed by atoms with Gasteiger partial charge in [-0.05, 0) is 6.07 Å². The fourth-order valence-corrected chi connectivity index (χ4v) is 2.07. The summed E-state index contributed by atoms with van der Waals surface area (Å²) >= 11 is 0. The Labute approximate surface area is 90.7 Å². The largest absolute Gasteiger partial charge is 0.502 e. The van der Waals surface area contributed by atoms with Crippen LogP contribution in [0.25, 0.3) is 0 Å². The molecule has 1 aromatic rings. The molecule has 1 aromatic carbocycles. The van der Waals surface area contributed by atoms with Crippen LogP contribution in [-0.4, -0.2) is 20.6 Å². The zero-order valence-electron chi connectivity index (χ0n) is 7.70. The highest BCUT2D eigenvalue weighted by Crippen LogP contribution is 2.33. The molecular weight excluding hydrogens is 247 g/mol.